The number of rotatable bonds is 2. The smallest absolute Gasteiger partial charge is 0.227 e. The molecule has 3 aromatic heterocycles. The van der Waals surface area contributed by atoms with Gasteiger partial charge >= 0.3 is 0 Å². The fourth-order valence-electron chi connectivity index (χ4n) is 4.03. The molecule has 3 heteroatoms. The van der Waals surface area contributed by atoms with E-state index >= 15 is 0 Å². The van der Waals surface area contributed by atoms with Crippen LogP contribution in [0.2, 0.25) is 0 Å². The van der Waals surface area contributed by atoms with E-state index in [-0.39, 0.29) is 33.5 Å². The maximum atomic E-state index is 8.26. The van der Waals surface area contributed by atoms with Crippen LogP contribution >= 0.6 is 0 Å². The van der Waals surface area contributed by atoms with E-state index in [1.54, 1.807) is 36.9 Å². The van der Waals surface area contributed by atoms with Gasteiger partial charge in [0.15, 0.2) is 11.8 Å². The lowest BCUT2D eigenvalue weighted by molar-refractivity contribution is -0.659. The molecular weight excluding hydrogens is 368 g/mol. The quantitative estimate of drug-likeness (QED) is 0.321. The molecule has 0 N–H and O–H groups in total. The molecule has 30 heavy (non-hydrogen) atoms. The normalized spacial score (nSPS) is 17.2. The van der Waals surface area contributed by atoms with Crippen LogP contribution in [0.25, 0.3) is 44.5 Å². The molecule has 3 heterocycles. The highest BCUT2D eigenvalue weighted by Crippen LogP contribution is 2.39. The van der Waals surface area contributed by atoms with Crippen molar-refractivity contribution in [2.75, 3.05) is 0 Å². The summed E-state index contributed by atoms with van der Waals surface area (Å²) in [7, 11) is 1.78. The first-order chi connectivity index (χ1) is 18.1. The number of nitrogens with zero attached hydrogens (tertiary/aromatic N) is 2. The fraction of sp³-hybridized carbons (Fsp3) is 0.185. The van der Waals surface area contributed by atoms with Crippen LogP contribution < -0.4 is 4.57 Å². The van der Waals surface area contributed by atoms with Crippen molar-refractivity contribution in [2.45, 2.75) is 27.5 Å². The third-order valence-corrected chi connectivity index (χ3v) is 5.42. The summed E-state index contributed by atoms with van der Waals surface area (Å²) in [6.07, 6.45) is 1.74. The van der Waals surface area contributed by atoms with Gasteiger partial charge in [-0.3, -0.25) is 0 Å². The third-order valence-electron chi connectivity index (χ3n) is 5.42. The van der Waals surface area contributed by atoms with Gasteiger partial charge in [-0.05, 0) is 61.9 Å². The Balaban J connectivity index is 1.89. The number of aryl methyl sites for hydroxylation is 5. The van der Waals surface area contributed by atoms with Gasteiger partial charge < -0.3 is 4.42 Å². The molecule has 0 aliphatic rings. The summed E-state index contributed by atoms with van der Waals surface area (Å²) in [6, 6.07) is 15.2. The Labute approximate surface area is 189 Å². The first-order valence-electron chi connectivity index (χ1n) is 14.0. The third kappa shape index (κ3) is 2.81. The maximum absolute atomic E-state index is 8.26. The topological polar surface area (TPSA) is 29.9 Å². The molecular formula is C27H25N2O+. The van der Waals surface area contributed by atoms with Crippen molar-refractivity contribution < 1.29 is 21.3 Å². The minimum absolute atomic E-state index is 0.00409. The highest BCUT2D eigenvalue weighted by atomic mass is 16.3. The van der Waals surface area contributed by atoms with Crippen LogP contribution in [-0.2, 0) is 7.05 Å². The van der Waals surface area contributed by atoms with Crippen LogP contribution in [0.5, 0.6) is 0 Å². The van der Waals surface area contributed by atoms with Crippen LogP contribution in [0.4, 0.5) is 0 Å². The summed E-state index contributed by atoms with van der Waals surface area (Å²) in [5.41, 5.74) is 3.04. The number of fused-ring (bicyclic) bond motifs is 3. The van der Waals surface area contributed by atoms with Gasteiger partial charge in [0.05, 0.1) is 5.56 Å². The lowest BCUT2D eigenvalue weighted by Gasteiger charge is -2.11. The molecule has 0 aliphatic carbocycles. The molecule has 0 fully saturated rings. The molecule has 0 spiro atoms. The maximum Gasteiger partial charge on any atom is 0.227 e. The van der Waals surface area contributed by atoms with Gasteiger partial charge in [0.25, 0.3) is 0 Å². The molecule has 0 unspecified atom stereocenters. The number of furan rings is 1. The van der Waals surface area contributed by atoms with E-state index in [9.17, 15) is 0 Å². The van der Waals surface area contributed by atoms with Gasteiger partial charge in [-0.2, -0.15) is 0 Å². The van der Waals surface area contributed by atoms with Gasteiger partial charge in [0.1, 0.15) is 7.05 Å². The van der Waals surface area contributed by atoms with Gasteiger partial charge in [0, 0.05) is 40.4 Å². The van der Waals surface area contributed by atoms with Crippen LogP contribution in [-0.4, -0.2) is 4.98 Å². The highest BCUT2D eigenvalue weighted by Gasteiger charge is 2.24. The first kappa shape index (κ1) is 11.1. The van der Waals surface area contributed by atoms with Crippen LogP contribution in [0.1, 0.15) is 34.7 Å². The summed E-state index contributed by atoms with van der Waals surface area (Å²) >= 11 is 0. The van der Waals surface area contributed by atoms with Crippen molar-refractivity contribution in [1.82, 2.24) is 4.98 Å². The van der Waals surface area contributed by atoms with Gasteiger partial charge in [0.2, 0.25) is 11.4 Å². The number of aromatic nitrogens is 2. The molecule has 0 bridgehead atoms. The molecule has 0 saturated heterocycles. The predicted octanol–water partition coefficient (Wildman–Crippen LogP) is 6.37. The first-order valence-corrected chi connectivity index (χ1v) is 9.55. The Morgan fingerprint density at radius 1 is 0.933 bits per heavy atom. The Morgan fingerprint density at radius 2 is 1.77 bits per heavy atom. The molecule has 5 aromatic rings. The average Bonchev–Trinajstić information content (AvgIpc) is 3.21. The number of hydrogen-bond donors (Lipinski definition) is 0. The summed E-state index contributed by atoms with van der Waals surface area (Å²) in [6.45, 7) is -5.68. The van der Waals surface area contributed by atoms with Crippen LogP contribution in [0.15, 0.2) is 65.2 Å². The van der Waals surface area contributed by atoms with Crippen molar-refractivity contribution in [1.29, 1.82) is 0 Å². The fourth-order valence-corrected chi connectivity index (χ4v) is 4.03. The summed E-state index contributed by atoms with van der Waals surface area (Å²) < 4.78 is 80.3. The number of benzene rings is 2. The Bertz CT molecular complexity index is 1730. The molecule has 0 aliphatic heterocycles. The summed E-state index contributed by atoms with van der Waals surface area (Å²) in [5, 5.41) is 0.655. The van der Waals surface area contributed by atoms with Crippen LogP contribution in [0, 0.1) is 27.5 Å². The van der Waals surface area contributed by atoms with Crippen molar-refractivity contribution in [3.8, 4) is 22.4 Å². The molecule has 5 rings (SSSR count). The lowest BCUT2D eigenvalue weighted by atomic mass is 9.95. The largest absolute Gasteiger partial charge is 0.437 e. The Kier molecular flexibility index (Phi) is 2.51. The molecule has 0 radical (unpaired) electrons. The lowest BCUT2D eigenvalue weighted by Crippen LogP contribution is -2.31. The van der Waals surface area contributed by atoms with E-state index in [1.165, 1.54) is 12.1 Å². The minimum atomic E-state index is -2.50. The molecule has 0 amide bonds. The average molecular weight is 403 g/mol. The Morgan fingerprint density at radius 3 is 2.53 bits per heavy atom. The zero-order chi connectivity index (χ0) is 28.5. The van der Waals surface area contributed by atoms with E-state index < -0.39 is 20.6 Å². The van der Waals surface area contributed by atoms with E-state index in [1.807, 2.05) is 30.3 Å². The van der Waals surface area contributed by atoms with Crippen molar-refractivity contribution in [3.05, 3.63) is 83.2 Å². The molecule has 0 saturated carbocycles. The monoisotopic (exact) mass is 402 g/mol. The SMILES string of the molecule is [2H]C([2H])([2H])c1ccc2c(n1)oc1c(-c3cc(C([2H])([2H])[2H])c(-c4ccccc4)c[n+]3C)c(C)cc(C([2H])([2H])[2H])c12. The van der Waals surface area contributed by atoms with Gasteiger partial charge in [-0.1, -0.05) is 36.4 Å². The van der Waals surface area contributed by atoms with E-state index in [4.69, 9.17) is 16.8 Å². The van der Waals surface area contributed by atoms with Crippen molar-refractivity contribution >= 4 is 22.1 Å². The van der Waals surface area contributed by atoms with E-state index in [0.29, 0.717) is 27.8 Å². The predicted molar refractivity (Wildman–Crippen MR) is 123 cm³/mol. The molecule has 3 nitrogen and oxygen atoms in total. The summed E-state index contributed by atoms with van der Waals surface area (Å²) in [5.74, 6) is 0. The van der Waals surface area contributed by atoms with Crippen molar-refractivity contribution in [2.24, 2.45) is 7.05 Å². The standard InChI is InChI=1S/C27H25N2O/c1-16-14-23(29(5)15-22(16)20-9-7-6-8-10-20)25-18(3)13-17(2)24-21-12-11-19(4)28-27(21)30-26(24)25/h6-15H,1-5H3/q+1/i1D3,2D3,4D3. The summed E-state index contributed by atoms with van der Waals surface area (Å²) in [4.78, 5) is 4.19. The number of hydrogen-bond acceptors (Lipinski definition) is 2. The second-order valence-electron chi connectivity index (χ2n) is 7.43. The van der Waals surface area contributed by atoms with Crippen LogP contribution in [0.3, 0.4) is 0 Å². The Hall–Kier alpha value is -3.46. The zero-order valence-electron chi connectivity index (χ0n) is 25.6. The second kappa shape index (κ2) is 6.81. The second-order valence-corrected chi connectivity index (χ2v) is 7.43. The molecule has 0 atom stereocenters. The van der Waals surface area contributed by atoms with Gasteiger partial charge in [-0.15, -0.1) is 0 Å². The minimum Gasteiger partial charge on any atom is -0.437 e. The van der Waals surface area contributed by atoms with E-state index in [0.717, 1.165) is 5.56 Å². The molecule has 2 aromatic carbocycles. The van der Waals surface area contributed by atoms with Gasteiger partial charge in [-0.25, -0.2) is 9.55 Å². The zero-order valence-corrected chi connectivity index (χ0v) is 16.6. The highest BCUT2D eigenvalue weighted by molar-refractivity contribution is 6.10. The van der Waals surface area contributed by atoms with E-state index in [2.05, 4.69) is 4.98 Å². The number of pyridine rings is 2. The van der Waals surface area contributed by atoms with Crippen molar-refractivity contribution in [3.63, 3.8) is 0 Å². The molecule has 148 valence electrons.